The van der Waals surface area contributed by atoms with E-state index in [9.17, 15) is 14.0 Å². The zero-order valence-corrected chi connectivity index (χ0v) is 16.4. The van der Waals surface area contributed by atoms with Crippen LogP contribution in [0.5, 0.6) is 5.75 Å². The maximum absolute atomic E-state index is 13.1. The number of carbonyl (C=O) groups excluding carboxylic acids is 1. The maximum Gasteiger partial charge on any atom is 0.322 e. The number of ether oxygens (including phenoxy) is 1. The Kier molecular flexibility index (Phi) is 5.47. The van der Waals surface area contributed by atoms with Gasteiger partial charge in [-0.3, -0.25) is 4.79 Å². The largest absolute Gasteiger partial charge is 0.494 e. The van der Waals surface area contributed by atoms with Crippen LogP contribution in [0.3, 0.4) is 0 Å². The average molecular weight is 408 g/mol. The molecule has 0 fully saturated rings. The van der Waals surface area contributed by atoms with Crippen LogP contribution in [0.2, 0.25) is 0 Å². The first kappa shape index (κ1) is 19.6. The summed E-state index contributed by atoms with van der Waals surface area (Å²) in [7, 11) is 0. The molecule has 2 aromatic carbocycles. The van der Waals surface area contributed by atoms with Crippen LogP contribution in [-0.4, -0.2) is 34.1 Å². The minimum Gasteiger partial charge on any atom is -0.494 e. The molecule has 1 aromatic heterocycles. The smallest absolute Gasteiger partial charge is 0.322 e. The molecule has 7 nitrogen and oxygen atoms in total. The van der Waals surface area contributed by atoms with Crippen LogP contribution in [0.25, 0.3) is 11.4 Å². The van der Waals surface area contributed by atoms with Gasteiger partial charge in [-0.15, -0.1) is 0 Å². The SMILES string of the molecule is CCOc1ccc(NC(=O)N2CCc3nc(-c4ccc(F)cc4)[nH]c(=O)c3C2)cc1. The second-order valence-electron chi connectivity index (χ2n) is 6.91. The van der Waals surface area contributed by atoms with Crippen LogP contribution in [0, 0.1) is 5.82 Å². The Labute approximate surface area is 172 Å². The number of aromatic nitrogens is 2. The predicted octanol–water partition coefficient (Wildman–Crippen LogP) is 3.56. The number of carbonyl (C=O) groups is 1. The van der Waals surface area contributed by atoms with Gasteiger partial charge >= 0.3 is 6.03 Å². The molecule has 30 heavy (non-hydrogen) atoms. The normalized spacial score (nSPS) is 12.9. The van der Waals surface area contributed by atoms with Gasteiger partial charge in [-0.25, -0.2) is 14.2 Å². The minimum atomic E-state index is -0.353. The first-order chi connectivity index (χ1) is 14.5. The number of rotatable bonds is 4. The number of fused-ring (bicyclic) bond motifs is 1. The van der Waals surface area contributed by atoms with Crippen molar-refractivity contribution < 1.29 is 13.9 Å². The number of amides is 2. The van der Waals surface area contributed by atoms with Crippen molar-refractivity contribution in [1.82, 2.24) is 14.9 Å². The van der Waals surface area contributed by atoms with Crippen molar-refractivity contribution in [3.63, 3.8) is 0 Å². The topological polar surface area (TPSA) is 87.3 Å². The third kappa shape index (κ3) is 4.17. The molecule has 154 valence electrons. The van der Waals surface area contributed by atoms with Gasteiger partial charge in [0.15, 0.2) is 0 Å². The van der Waals surface area contributed by atoms with E-state index < -0.39 is 0 Å². The number of nitrogens with zero attached hydrogens (tertiary/aromatic N) is 2. The Morgan fingerprint density at radius 2 is 1.93 bits per heavy atom. The quantitative estimate of drug-likeness (QED) is 0.691. The fourth-order valence-electron chi connectivity index (χ4n) is 3.35. The van der Waals surface area contributed by atoms with Gasteiger partial charge in [0.25, 0.3) is 5.56 Å². The van der Waals surface area contributed by atoms with Crippen LogP contribution in [0.1, 0.15) is 18.2 Å². The van der Waals surface area contributed by atoms with E-state index in [1.54, 1.807) is 41.3 Å². The van der Waals surface area contributed by atoms with Crippen molar-refractivity contribution in [2.75, 3.05) is 18.5 Å². The van der Waals surface area contributed by atoms with E-state index in [-0.39, 0.29) is 24.0 Å². The molecule has 1 aliphatic heterocycles. The van der Waals surface area contributed by atoms with Gasteiger partial charge in [0, 0.05) is 24.2 Å². The van der Waals surface area contributed by atoms with Crippen molar-refractivity contribution in [2.24, 2.45) is 0 Å². The van der Waals surface area contributed by atoms with E-state index in [2.05, 4.69) is 15.3 Å². The highest BCUT2D eigenvalue weighted by molar-refractivity contribution is 5.89. The molecule has 1 aliphatic rings. The molecule has 0 saturated carbocycles. The molecule has 4 rings (SSSR count). The summed E-state index contributed by atoms with van der Waals surface area (Å²) in [5.74, 6) is 0.774. The second-order valence-corrected chi connectivity index (χ2v) is 6.91. The van der Waals surface area contributed by atoms with Crippen molar-refractivity contribution >= 4 is 11.7 Å². The van der Waals surface area contributed by atoms with Gasteiger partial charge in [-0.2, -0.15) is 0 Å². The molecule has 0 atom stereocenters. The number of benzene rings is 2. The first-order valence-electron chi connectivity index (χ1n) is 9.70. The molecule has 2 amide bonds. The molecule has 3 aromatic rings. The Balaban J connectivity index is 1.48. The fraction of sp³-hybridized carbons (Fsp3) is 0.227. The highest BCUT2D eigenvalue weighted by atomic mass is 19.1. The van der Waals surface area contributed by atoms with Crippen molar-refractivity contribution in [2.45, 2.75) is 19.9 Å². The summed E-state index contributed by atoms with van der Waals surface area (Å²) in [5.41, 5.74) is 2.11. The van der Waals surface area contributed by atoms with E-state index >= 15 is 0 Å². The van der Waals surface area contributed by atoms with E-state index in [1.165, 1.54) is 12.1 Å². The summed E-state index contributed by atoms with van der Waals surface area (Å²) in [6.45, 7) is 3.09. The van der Waals surface area contributed by atoms with Gasteiger partial charge in [0.05, 0.1) is 24.4 Å². The molecule has 0 radical (unpaired) electrons. The van der Waals surface area contributed by atoms with Crippen molar-refractivity contribution in [3.8, 4) is 17.1 Å². The zero-order chi connectivity index (χ0) is 21.1. The van der Waals surface area contributed by atoms with Gasteiger partial charge in [-0.1, -0.05) is 0 Å². The number of urea groups is 1. The van der Waals surface area contributed by atoms with E-state index in [0.29, 0.717) is 47.9 Å². The predicted molar refractivity (Wildman–Crippen MR) is 111 cm³/mol. The van der Waals surface area contributed by atoms with Gasteiger partial charge < -0.3 is 19.9 Å². The zero-order valence-electron chi connectivity index (χ0n) is 16.4. The lowest BCUT2D eigenvalue weighted by Crippen LogP contribution is -2.41. The molecular weight excluding hydrogens is 387 g/mol. The monoisotopic (exact) mass is 408 g/mol. The fourth-order valence-corrected chi connectivity index (χ4v) is 3.35. The summed E-state index contributed by atoms with van der Waals surface area (Å²) < 4.78 is 18.5. The van der Waals surface area contributed by atoms with Crippen LogP contribution >= 0.6 is 0 Å². The lowest BCUT2D eigenvalue weighted by atomic mass is 10.1. The lowest BCUT2D eigenvalue weighted by molar-refractivity contribution is 0.205. The number of halogens is 1. The highest BCUT2D eigenvalue weighted by Crippen LogP contribution is 2.21. The second kappa shape index (κ2) is 8.36. The maximum atomic E-state index is 13.1. The van der Waals surface area contributed by atoms with E-state index in [0.717, 1.165) is 5.75 Å². The molecule has 2 heterocycles. The Hall–Kier alpha value is -3.68. The van der Waals surface area contributed by atoms with Gasteiger partial charge in [0.1, 0.15) is 17.4 Å². The number of anilines is 1. The number of hydrogen-bond acceptors (Lipinski definition) is 4. The Morgan fingerprint density at radius 3 is 2.63 bits per heavy atom. The average Bonchev–Trinajstić information content (AvgIpc) is 2.75. The third-order valence-electron chi connectivity index (χ3n) is 4.89. The summed E-state index contributed by atoms with van der Waals surface area (Å²) in [4.78, 5) is 34.1. The summed E-state index contributed by atoms with van der Waals surface area (Å²) in [5, 5.41) is 2.84. The highest BCUT2D eigenvalue weighted by Gasteiger charge is 2.25. The molecule has 8 heteroatoms. The lowest BCUT2D eigenvalue weighted by Gasteiger charge is -2.28. The molecular formula is C22H21FN4O3. The standard InChI is InChI=1S/C22H21FN4O3/c1-2-30-17-9-7-16(8-10-17)24-22(29)27-12-11-19-18(13-27)21(28)26-20(25-19)14-3-5-15(23)6-4-14/h3-10H,2,11-13H2,1H3,(H,24,29)(H,25,26,28). The number of H-pyrrole nitrogens is 1. The molecule has 0 spiro atoms. The third-order valence-corrected chi connectivity index (χ3v) is 4.89. The Morgan fingerprint density at radius 1 is 1.20 bits per heavy atom. The van der Waals surface area contributed by atoms with Crippen molar-refractivity contribution in [3.05, 3.63) is 76.0 Å². The number of hydrogen-bond donors (Lipinski definition) is 2. The van der Waals surface area contributed by atoms with Gasteiger partial charge in [0.2, 0.25) is 0 Å². The molecule has 0 unspecified atom stereocenters. The van der Waals surface area contributed by atoms with Gasteiger partial charge in [-0.05, 0) is 55.5 Å². The van der Waals surface area contributed by atoms with Crippen LogP contribution in [0.4, 0.5) is 14.9 Å². The summed E-state index contributed by atoms with van der Waals surface area (Å²) >= 11 is 0. The summed E-state index contributed by atoms with van der Waals surface area (Å²) in [6.07, 6.45) is 0.462. The molecule has 2 N–H and O–H groups in total. The Bertz CT molecular complexity index is 1110. The van der Waals surface area contributed by atoms with E-state index in [1.807, 2.05) is 6.92 Å². The number of aromatic amines is 1. The minimum absolute atomic E-state index is 0.171. The molecule has 0 bridgehead atoms. The van der Waals surface area contributed by atoms with E-state index in [4.69, 9.17) is 4.74 Å². The number of nitrogens with one attached hydrogen (secondary N) is 2. The van der Waals surface area contributed by atoms with Crippen molar-refractivity contribution in [1.29, 1.82) is 0 Å². The first-order valence-corrected chi connectivity index (χ1v) is 9.70. The molecule has 0 saturated heterocycles. The van der Waals surface area contributed by atoms with Crippen LogP contribution in [-0.2, 0) is 13.0 Å². The van der Waals surface area contributed by atoms with Crippen LogP contribution < -0.4 is 15.6 Å². The summed E-state index contributed by atoms with van der Waals surface area (Å²) in [6, 6.07) is 12.6. The molecule has 0 aliphatic carbocycles. The van der Waals surface area contributed by atoms with Crippen LogP contribution in [0.15, 0.2) is 53.3 Å².